The van der Waals surface area contributed by atoms with Gasteiger partial charge in [-0.3, -0.25) is 4.79 Å². The third-order valence-corrected chi connectivity index (χ3v) is 5.13. The molecule has 7 heteroatoms. The number of fused-ring (bicyclic) bond motifs is 1. The van der Waals surface area contributed by atoms with Gasteiger partial charge in [-0.25, -0.2) is 4.79 Å². The molecule has 30 heavy (non-hydrogen) atoms. The van der Waals surface area contributed by atoms with Crippen LogP contribution in [0.25, 0.3) is 28.0 Å². The van der Waals surface area contributed by atoms with Crippen molar-refractivity contribution in [2.75, 3.05) is 0 Å². The van der Waals surface area contributed by atoms with E-state index >= 15 is 0 Å². The van der Waals surface area contributed by atoms with Crippen LogP contribution in [0.15, 0.2) is 59.4 Å². The maximum atomic E-state index is 12.9. The number of carboxylic acids is 1. The van der Waals surface area contributed by atoms with E-state index in [1.54, 1.807) is 24.3 Å². The molecular weight excluding hydrogens is 402 g/mol. The molecule has 2 N–H and O–H groups in total. The molecule has 0 amide bonds. The molecule has 2 heterocycles. The van der Waals surface area contributed by atoms with Gasteiger partial charge in [0.15, 0.2) is 0 Å². The minimum absolute atomic E-state index is 0.148. The van der Waals surface area contributed by atoms with Crippen LogP contribution in [0.3, 0.4) is 0 Å². The van der Waals surface area contributed by atoms with E-state index in [2.05, 4.69) is 10.1 Å². The number of carboxylic acid groups (broad SMARTS) is 1. The first-order chi connectivity index (χ1) is 14.1. The van der Waals surface area contributed by atoms with Crippen molar-refractivity contribution in [2.24, 2.45) is 0 Å². The number of aromatic amines is 1. The fourth-order valence-corrected chi connectivity index (χ4v) is 3.56. The summed E-state index contributed by atoms with van der Waals surface area (Å²) in [5, 5.41) is 14.5. The highest BCUT2D eigenvalue weighted by Crippen LogP contribution is 2.35. The minimum atomic E-state index is -1.03. The van der Waals surface area contributed by atoms with Gasteiger partial charge in [-0.15, -0.1) is 0 Å². The van der Waals surface area contributed by atoms with Gasteiger partial charge in [-0.1, -0.05) is 56.6 Å². The molecule has 0 atom stereocenters. The quantitative estimate of drug-likeness (QED) is 0.487. The molecule has 0 spiro atoms. The number of H-pyrrole nitrogens is 1. The Morgan fingerprint density at radius 2 is 1.77 bits per heavy atom. The first-order valence-electron chi connectivity index (χ1n) is 9.41. The Bertz CT molecular complexity index is 1330. The van der Waals surface area contributed by atoms with Gasteiger partial charge in [-0.2, -0.15) is 9.61 Å². The Kier molecular flexibility index (Phi) is 4.74. The third-order valence-electron chi connectivity index (χ3n) is 4.88. The Balaban J connectivity index is 2.03. The van der Waals surface area contributed by atoms with E-state index in [4.69, 9.17) is 11.6 Å². The van der Waals surface area contributed by atoms with Crippen molar-refractivity contribution in [1.29, 1.82) is 0 Å². The van der Waals surface area contributed by atoms with Crippen molar-refractivity contribution in [1.82, 2.24) is 14.6 Å². The van der Waals surface area contributed by atoms with Crippen LogP contribution >= 0.6 is 11.6 Å². The molecule has 0 aliphatic rings. The van der Waals surface area contributed by atoms with E-state index in [0.717, 1.165) is 16.8 Å². The molecule has 0 unspecified atom stereocenters. The Morgan fingerprint density at radius 3 is 2.40 bits per heavy atom. The lowest BCUT2D eigenvalue weighted by Crippen LogP contribution is -2.17. The van der Waals surface area contributed by atoms with Crippen molar-refractivity contribution in [3.8, 4) is 22.4 Å². The number of benzene rings is 2. The fraction of sp³-hybridized carbons (Fsp3) is 0.174. The molecule has 4 aromatic rings. The standard InChI is InChI=1S/C23H20ClN3O3/c1-23(2,3)20-19(13-7-9-16(24)10-8-13)21-25-17(12-18(28)27(21)26-20)14-5-4-6-15(11-14)22(29)30/h4-12,25H,1-3H3,(H,29,30). The Labute approximate surface area is 177 Å². The van der Waals surface area contributed by atoms with Crippen LogP contribution in [0.5, 0.6) is 0 Å². The maximum Gasteiger partial charge on any atom is 0.335 e. The molecule has 2 aromatic carbocycles. The van der Waals surface area contributed by atoms with Crippen LogP contribution in [0.2, 0.25) is 5.02 Å². The predicted octanol–water partition coefficient (Wildman–Crippen LogP) is 5.01. The zero-order valence-electron chi connectivity index (χ0n) is 16.7. The number of carbonyl (C=O) groups is 1. The van der Waals surface area contributed by atoms with Gasteiger partial charge in [0.2, 0.25) is 0 Å². The number of hydrogen-bond donors (Lipinski definition) is 2. The van der Waals surface area contributed by atoms with Crippen molar-refractivity contribution in [2.45, 2.75) is 26.2 Å². The Hall–Kier alpha value is -3.38. The fourth-order valence-electron chi connectivity index (χ4n) is 3.43. The Morgan fingerprint density at radius 1 is 1.07 bits per heavy atom. The lowest BCUT2D eigenvalue weighted by Gasteiger charge is -2.17. The second kappa shape index (κ2) is 7.15. The van der Waals surface area contributed by atoms with Gasteiger partial charge in [0.25, 0.3) is 5.56 Å². The normalized spacial score (nSPS) is 11.7. The molecule has 0 saturated heterocycles. The molecule has 152 valence electrons. The summed E-state index contributed by atoms with van der Waals surface area (Å²) in [6.07, 6.45) is 0. The summed E-state index contributed by atoms with van der Waals surface area (Å²) in [5.74, 6) is -1.03. The second-order valence-corrected chi connectivity index (χ2v) is 8.58. The number of halogens is 1. The average molecular weight is 422 g/mol. The maximum absolute atomic E-state index is 12.9. The summed E-state index contributed by atoms with van der Waals surface area (Å²) in [5.41, 5.74) is 3.67. The SMILES string of the molecule is CC(C)(C)c1nn2c(=O)cc(-c3cccc(C(=O)O)c3)[nH]c2c1-c1ccc(Cl)cc1. The topological polar surface area (TPSA) is 87.5 Å². The minimum Gasteiger partial charge on any atom is -0.478 e. The van der Waals surface area contributed by atoms with Crippen LogP contribution in [0, 0.1) is 0 Å². The van der Waals surface area contributed by atoms with Crippen LogP contribution in [0.1, 0.15) is 36.8 Å². The van der Waals surface area contributed by atoms with Crippen molar-refractivity contribution < 1.29 is 9.90 Å². The molecular formula is C23H20ClN3O3. The zero-order chi connectivity index (χ0) is 21.6. The molecule has 0 fully saturated rings. The molecule has 0 saturated carbocycles. The molecule has 2 aromatic heterocycles. The number of hydrogen-bond acceptors (Lipinski definition) is 3. The van der Waals surface area contributed by atoms with E-state index in [-0.39, 0.29) is 16.5 Å². The molecule has 0 radical (unpaired) electrons. The second-order valence-electron chi connectivity index (χ2n) is 8.15. The summed E-state index contributed by atoms with van der Waals surface area (Å²) in [7, 11) is 0. The first-order valence-corrected chi connectivity index (χ1v) is 9.79. The van der Waals surface area contributed by atoms with Crippen molar-refractivity contribution in [3.05, 3.63) is 81.2 Å². The molecule has 0 aliphatic heterocycles. The molecule has 0 bridgehead atoms. The summed E-state index contributed by atoms with van der Waals surface area (Å²) in [4.78, 5) is 27.6. The van der Waals surface area contributed by atoms with Crippen molar-refractivity contribution in [3.63, 3.8) is 0 Å². The number of rotatable bonds is 3. The van der Waals surface area contributed by atoms with Crippen LogP contribution in [0.4, 0.5) is 0 Å². The summed E-state index contributed by atoms with van der Waals surface area (Å²) >= 11 is 6.07. The number of nitrogens with zero attached hydrogens (tertiary/aromatic N) is 2. The highest BCUT2D eigenvalue weighted by Gasteiger charge is 2.26. The van der Waals surface area contributed by atoms with E-state index in [1.165, 1.54) is 22.7 Å². The van der Waals surface area contributed by atoms with Crippen LogP contribution < -0.4 is 5.56 Å². The van der Waals surface area contributed by atoms with Gasteiger partial charge >= 0.3 is 5.97 Å². The highest BCUT2D eigenvalue weighted by molar-refractivity contribution is 6.30. The van der Waals surface area contributed by atoms with E-state index in [1.807, 2.05) is 32.9 Å². The third kappa shape index (κ3) is 3.50. The lowest BCUT2D eigenvalue weighted by atomic mass is 9.87. The zero-order valence-corrected chi connectivity index (χ0v) is 17.5. The monoisotopic (exact) mass is 421 g/mol. The van der Waals surface area contributed by atoms with Crippen LogP contribution in [-0.2, 0) is 5.41 Å². The largest absolute Gasteiger partial charge is 0.478 e. The predicted molar refractivity (Wildman–Crippen MR) is 117 cm³/mol. The number of nitrogens with one attached hydrogen (secondary N) is 1. The summed E-state index contributed by atoms with van der Waals surface area (Å²) in [6, 6.07) is 15.3. The van der Waals surface area contributed by atoms with Gasteiger partial charge in [0.1, 0.15) is 5.65 Å². The van der Waals surface area contributed by atoms with Gasteiger partial charge in [-0.05, 0) is 35.4 Å². The summed E-state index contributed by atoms with van der Waals surface area (Å²) < 4.78 is 1.36. The number of aromatic nitrogens is 3. The van der Waals surface area contributed by atoms with Gasteiger partial charge in [0.05, 0.1) is 17.0 Å². The molecule has 0 aliphatic carbocycles. The molecule has 6 nitrogen and oxygen atoms in total. The van der Waals surface area contributed by atoms with Crippen LogP contribution in [-0.4, -0.2) is 25.7 Å². The van der Waals surface area contributed by atoms with E-state index in [9.17, 15) is 14.7 Å². The first kappa shape index (κ1) is 19.9. The highest BCUT2D eigenvalue weighted by atomic mass is 35.5. The van der Waals surface area contributed by atoms with Gasteiger partial charge in [0, 0.05) is 22.1 Å². The molecule has 4 rings (SSSR count). The average Bonchev–Trinajstić information content (AvgIpc) is 3.09. The van der Waals surface area contributed by atoms with Gasteiger partial charge < -0.3 is 10.1 Å². The van der Waals surface area contributed by atoms with E-state index < -0.39 is 5.97 Å². The van der Waals surface area contributed by atoms with E-state index in [0.29, 0.717) is 21.9 Å². The van der Waals surface area contributed by atoms with Crippen molar-refractivity contribution >= 4 is 23.2 Å². The number of aromatic carboxylic acids is 1. The smallest absolute Gasteiger partial charge is 0.335 e. The lowest BCUT2D eigenvalue weighted by molar-refractivity contribution is 0.0697. The summed E-state index contributed by atoms with van der Waals surface area (Å²) in [6.45, 7) is 6.11.